The van der Waals surface area contributed by atoms with E-state index in [0.717, 1.165) is 16.9 Å². The molecule has 65 valence electrons. The fourth-order valence-corrected chi connectivity index (χ4v) is 1.19. The molecule has 1 radical (unpaired) electrons. The van der Waals surface area contributed by atoms with Crippen LogP contribution in [-0.2, 0) is 0 Å². The Hall–Kier alpha value is -0.980. The smallest absolute Gasteiger partial charge is 0.120 e. The highest BCUT2D eigenvalue weighted by atomic mass is 16.5. The Bertz CT molecular complexity index is 243. The summed E-state index contributed by atoms with van der Waals surface area (Å²) in [5.74, 6) is 0.943. The van der Waals surface area contributed by atoms with Crippen molar-refractivity contribution >= 4 is 0 Å². The van der Waals surface area contributed by atoms with Crippen molar-refractivity contribution in [2.75, 3.05) is 0 Å². The van der Waals surface area contributed by atoms with Crippen molar-refractivity contribution in [2.45, 2.75) is 33.8 Å². The monoisotopic (exact) mass is 163 g/mol. The number of benzene rings is 1. The molecule has 0 saturated carbocycles. The number of hydrogen-bond acceptors (Lipinski definition) is 1. The Balaban J connectivity index is 2.85. The lowest BCUT2D eigenvalue weighted by molar-refractivity contribution is 0.242. The first kappa shape index (κ1) is 9.11. The first-order valence-corrected chi connectivity index (χ1v) is 4.25. The summed E-state index contributed by atoms with van der Waals surface area (Å²) in [6, 6.07) is 7.22. The molecule has 0 fully saturated rings. The van der Waals surface area contributed by atoms with E-state index in [1.54, 1.807) is 0 Å². The van der Waals surface area contributed by atoms with Gasteiger partial charge in [0.25, 0.3) is 0 Å². The minimum atomic E-state index is 0.242. The molecule has 1 aromatic rings. The van der Waals surface area contributed by atoms with E-state index in [4.69, 9.17) is 4.74 Å². The summed E-state index contributed by atoms with van der Waals surface area (Å²) in [4.78, 5) is 0. The van der Waals surface area contributed by atoms with Crippen molar-refractivity contribution in [3.05, 3.63) is 29.3 Å². The summed E-state index contributed by atoms with van der Waals surface area (Å²) in [7, 11) is 0. The summed E-state index contributed by atoms with van der Waals surface area (Å²) < 4.78 is 5.56. The Morgan fingerprint density at radius 3 is 2.08 bits per heavy atom. The predicted octanol–water partition coefficient (Wildman–Crippen LogP) is 2.89. The molecule has 0 saturated heterocycles. The molecule has 0 aromatic heterocycles. The standard InChI is InChI=1S/C11H15O/c1-8(2)12-11-6-9(3)5-10(4)7-11/h6-8H,1-4H3. The van der Waals surface area contributed by atoms with Gasteiger partial charge >= 0.3 is 0 Å². The molecule has 0 heterocycles. The molecule has 12 heavy (non-hydrogen) atoms. The van der Waals surface area contributed by atoms with E-state index in [1.165, 1.54) is 0 Å². The molecule has 0 N–H and O–H groups in total. The molecule has 0 spiro atoms. The topological polar surface area (TPSA) is 9.23 Å². The lowest BCUT2D eigenvalue weighted by Crippen LogP contribution is -2.05. The molecular weight excluding hydrogens is 148 g/mol. The van der Waals surface area contributed by atoms with E-state index < -0.39 is 0 Å². The molecule has 0 unspecified atom stereocenters. The van der Waals surface area contributed by atoms with Crippen LogP contribution in [-0.4, -0.2) is 6.10 Å². The summed E-state index contributed by atoms with van der Waals surface area (Å²) >= 11 is 0. The fraction of sp³-hybridized carbons (Fsp3) is 0.455. The van der Waals surface area contributed by atoms with Crippen LogP contribution in [0.4, 0.5) is 0 Å². The lowest BCUT2D eigenvalue weighted by atomic mass is 10.1. The van der Waals surface area contributed by atoms with Crippen LogP contribution < -0.4 is 4.74 Å². The van der Waals surface area contributed by atoms with Crippen LogP contribution in [0.15, 0.2) is 12.1 Å². The van der Waals surface area contributed by atoms with Crippen molar-refractivity contribution in [1.82, 2.24) is 0 Å². The molecule has 1 nitrogen and oxygen atoms in total. The molecule has 0 aliphatic carbocycles. The van der Waals surface area contributed by atoms with Crippen LogP contribution >= 0.6 is 0 Å². The maximum Gasteiger partial charge on any atom is 0.120 e. The first-order chi connectivity index (χ1) is 5.58. The van der Waals surface area contributed by atoms with Crippen LogP contribution in [0.3, 0.4) is 0 Å². The normalized spacial score (nSPS) is 10.4. The number of aryl methyl sites for hydroxylation is 2. The summed E-state index contributed by atoms with van der Waals surface area (Å²) in [6.45, 7) is 8.11. The summed E-state index contributed by atoms with van der Waals surface area (Å²) in [5.41, 5.74) is 2.26. The molecule has 0 atom stereocenters. The van der Waals surface area contributed by atoms with Gasteiger partial charge in [-0.3, -0.25) is 0 Å². The SMILES string of the molecule is Cc1[c]c(C)cc(OC(C)C)c1. The minimum Gasteiger partial charge on any atom is -0.491 e. The van der Waals surface area contributed by atoms with Gasteiger partial charge in [0.2, 0.25) is 0 Å². The van der Waals surface area contributed by atoms with Gasteiger partial charge in [0.1, 0.15) is 5.75 Å². The average Bonchev–Trinajstić information content (AvgIpc) is 1.81. The highest BCUT2D eigenvalue weighted by molar-refractivity contribution is 5.32. The highest BCUT2D eigenvalue weighted by Gasteiger charge is 1.98. The van der Waals surface area contributed by atoms with Crippen molar-refractivity contribution in [3.8, 4) is 5.75 Å². The molecular formula is C11H15O. The van der Waals surface area contributed by atoms with Gasteiger partial charge in [0.15, 0.2) is 0 Å². The van der Waals surface area contributed by atoms with Crippen LogP contribution in [0.5, 0.6) is 5.75 Å². The van der Waals surface area contributed by atoms with Gasteiger partial charge in [-0.2, -0.15) is 0 Å². The zero-order chi connectivity index (χ0) is 9.14. The first-order valence-electron chi connectivity index (χ1n) is 4.25. The van der Waals surface area contributed by atoms with E-state index in [2.05, 4.69) is 6.07 Å². The van der Waals surface area contributed by atoms with Crippen molar-refractivity contribution < 1.29 is 4.74 Å². The molecule has 0 aliphatic rings. The number of ether oxygens (including phenoxy) is 1. The molecule has 0 amide bonds. The van der Waals surface area contributed by atoms with Crippen LogP contribution in [0, 0.1) is 19.9 Å². The van der Waals surface area contributed by atoms with Crippen LogP contribution in [0.2, 0.25) is 0 Å². The van der Waals surface area contributed by atoms with Crippen molar-refractivity contribution in [3.63, 3.8) is 0 Å². The number of hydrogen-bond donors (Lipinski definition) is 0. The molecule has 1 aromatic carbocycles. The van der Waals surface area contributed by atoms with Gasteiger partial charge in [-0.1, -0.05) is 0 Å². The van der Waals surface area contributed by atoms with E-state index in [0.29, 0.717) is 0 Å². The molecule has 0 bridgehead atoms. The van der Waals surface area contributed by atoms with Crippen molar-refractivity contribution in [2.24, 2.45) is 0 Å². The van der Waals surface area contributed by atoms with E-state index >= 15 is 0 Å². The lowest BCUT2D eigenvalue weighted by Gasteiger charge is -2.10. The largest absolute Gasteiger partial charge is 0.491 e. The molecule has 1 rings (SSSR count). The Kier molecular flexibility index (Phi) is 2.74. The number of rotatable bonds is 2. The van der Waals surface area contributed by atoms with E-state index in [-0.39, 0.29) is 6.10 Å². The zero-order valence-corrected chi connectivity index (χ0v) is 8.14. The third-order valence-electron chi connectivity index (χ3n) is 1.48. The molecule has 1 heteroatoms. The Morgan fingerprint density at radius 1 is 1.17 bits per heavy atom. The van der Waals surface area contributed by atoms with Gasteiger partial charge in [-0.15, -0.1) is 0 Å². The maximum absolute atomic E-state index is 5.56. The second-order valence-electron chi connectivity index (χ2n) is 3.35. The third kappa shape index (κ3) is 2.57. The van der Waals surface area contributed by atoms with Crippen molar-refractivity contribution in [1.29, 1.82) is 0 Å². The highest BCUT2D eigenvalue weighted by Crippen LogP contribution is 2.16. The van der Waals surface area contributed by atoms with E-state index in [9.17, 15) is 0 Å². The van der Waals surface area contributed by atoms with Crippen LogP contribution in [0.25, 0.3) is 0 Å². The zero-order valence-electron chi connectivity index (χ0n) is 8.14. The maximum atomic E-state index is 5.56. The third-order valence-corrected chi connectivity index (χ3v) is 1.48. The Morgan fingerprint density at radius 2 is 1.67 bits per heavy atom. The summed E-state index contributed by atoms with van der Waals surface area (Å²) in [6.07, 6.45) is 0.242. The second-order valence-corrected chi connectivity index (χ2v) is 3.35. The van der Waals surface area contributed by atoms with Gasteiger partial charge in [0, 0.05) is 0 Å². The fourth-order valence-electron chi connectivity index (χ4n) is 1.19. The predicted molar refractivity (Wildman–Crippen MR) is 50.5 cm³/mol. The molecule has 0 aliphatic heterocycles. The Labute approximate surface area is 74.4 Å². The summed E-state index contributed by atoms with van der Waals surface area (Å²) in [5, 5.41) is 0. The van der Waals surface area contributed by atoms with E-state index in [1.807, 2.05) is 39.8 Å². The van der Waals surface area contributed by atoms with Crippen LogP contribution in [0.1, 0.15) is 25.0 Å². The van der Waals surface area contributed by atoms with Gasteiger partial charge in [0.05, 0.1) is 6.10 Å². The van der Waals surface area contributed by atoms with Gasteiger partial charge < -0.3 is 4.74 Å². The minimum absolute atomic E-state index is 0.242. The van der Waals surface area contributed by atoms with Gasteiger partial charge in [-0.05, 0) is 57.0 Å². The van der Waals surface area contributed by atoms with Gasteiger partial charge in [-0.25, -0.2) is 0 Å². The second kappa shape index (κ2) is 3.61. The average molecular weight is 163 g/mol. The quantitative estimate of drug-likeness (QED) is 0.651.